The lowest BCUT2D eigenvalue weighted by molar-refractivity contribution is 0.0679. The van der Waals surface area contributed by atoms with Crippen LogP contribution in [0.15, 0.2) is 42.5 Å². The predicted octanol–water partition coefficient (Wildman–Crippen LogP) is 5.43. The molecule has 3 aromatic rings. The van der Waals surface area contributed by atoms with Crippen LogP contribution >= 0.6 is 0 Å². The molecule has 0 spiro atoms. The van der Waals surface area contributed by atoms with Gasteiger partial charge in [0.25, 0.3) is 5.91 Å². The molecule has 1 saturated heterocycles. The number of benzene rings is 2. The molecule has 2 N–H and O–H groups in total. The number of nitrogens with zero attached hydrogens (tertiary/aromatic N) is 1. The van der Waals surface area contributed by atoms with Crippen molar-refractivity contribution in [2.24, 2.45) is 12.5 Å². The lowest BCUT2D eigenvalue weighted by Crippen LogP contribution is -2.27. The van der Waals surface area contributed by atoms with Gasteiger partial charge in [-0.2, -0.15) is 0 Å². The van der Waals surface area contributed by atoms with E-state index >= 15 is 0 Å². The Hall–Kier alpha value is -2.83. The molecule has 6 nitrogen and oxygen atoms in total. The largest absolute Gasteiger partial charge is 0.491 e. The first-order valence-corrected chi connectivity index (χ1v) is 12.2. The molecule has 0 saturated carbocycles. The number of carbonyl (C=O) groups excluding carboxylic acids is 1. The van der Waals surface area contributed by atoms with Crippen molar-refractivity contribution in [2.75, 3.05) is 25.1 Å². The standard InChI is InChI=1S/C28H37N3O3/c1-19-25(13-10-21-15-22(31(5)26(19)21)16-29-18-28(2,3)4)30-27(32)20-8-11-23(12-9-20)34-17-24-7-6-14-33-24/h8-13,15,24,29H,6-7,14,16-18H2,1-5H3,(H,30,32)/t24-/m0/s1. The maximum absolute atomic E-state index is 12.9. The number of hydrogen-bond donors (Lipinski definition) is 2. The molecule has 1 fully saturated rings. The Morgan fingerprint density at radius 1 is 1.18 bits per heavy atom. The Morgan fingerprint density at radius 3 is 2.62 bits per heavy atom. The number of carbonyl (C=O) groups is 1. The minimum Gasteiger partial charge on any atom is -0.491 e. The van der Waals surface area contributed by atoms with E-state index in [4.69, 9.17) is 9.47 Å². The van der Waals surface area contributed by atoms with Gasteiger partial charge < -0.3 is 24.7 Å². The molecule has 1 aliphatic rings. The van der Waals surface area contributed by atoms with E-state index in [1.165, 1.54) is 11.1 Å². The summed E-state index contributed by atoms with van der Waals surface area (Å²) in [7, 11) is 2.09. The van der Waals surface area contributed by atoms with E-state index in [0.717, 1.165) is 55.1 Å². The summed E-state index contributed by atoms with van der Waals surface area (Å²) in [6.45, 7) is 11.9. The highest BCUT2D eigenvalue weighted by atomic mass is 16.5. The van der Waals surface area contributed by atoms with Gasteiger partial charge in [-0.25, -0.2) is 0 Å². The van der Waals surface area contributed by atoms with E-state index in [1.54, 1.807) is 12.1 Å². The maximum Gasteiger partial charge on any atom is 0.255 e. The number of amides is 1. The number of ether oxygens (including phenoxy) is 2. The van der Waals surface area contributed by atoms with Crippen LogP contribution in [0.2, 0.25) is 0 Å². The fraction of sp³-hybridized carbons (Fsp3) is 0.464. The third kappa shape index (κ3) is 5.80. The number of aromatic nitrogens is 1. The molecular weight excluding hydrogens is 426 g/mol. The molecule has 1 atom stereocenters. The predicted molar refractivity (Wildman–Crippen MR) is 138 cm³/mol. The third-order valence-corrected chi connectivity index (χ3v) is 6.34. The molecule has 2 heterocycles. The summed E-state index contributed by atoms with van der Waals surface area (Å²) in [5.41, 5.74) is 5.10. The van der Waals surface area contributed by atoms with Gasteiger partial charge in [0.15, 0.2) is 0 Å². The fourth-order valence-electron chi connectivity index (χ4n) is 4.44. The Morgan fingerprint density at radius 2 is 1.94 bits per heavy atom. The average Bonchev–Trinajstić information content (AvgIpc) is 3.42. The van der Waals surface area contributed by atoms with Crippen molar-refractivity contribution in [3.8, 4) is 5.75 Å². The Labute approximate surface area is 202 Å². The number of fused-ring (bicyclic) bond motifs is 1. The van der Waals surface area contributed by atoms with Crippen LogP contribution in [-0.4, -0.2) is 36.3 Å². The minimum absolute atomic E-state index is 0.130. The number of rotatable bonds is 8. The lowest BCUT2D eigenvalue weighted by Gasteiger charge is -2.19. The molecule has 0 bridgehead atoms. The highest BCUT2D eigenvalue weighted by molar-refractivity contribution is 6.06. The van der Waals surface area contributed by atoms with Gasteiger partial charge in [0.2, 0.25) is 0 Å². The summed E-state index contributed by atoms with van der Waals surface area (Å²) >= 11 is 0. The smallest absolute Gasteiger partial charge is 0.255 e. The third-order valence-electron chi connectivity index (χ3n) is 6.34. The molecule has 1 aromatic heterocycles. The molecular formula is C28H37N3O3. The first-order valence-electron chi connectivity index (χ1n) is 12.2. The molecule has 1 aliphatic heterocycles. The highest BCUT2D eigenvalue weighted by Gasteiger charge is 2.17. The Balaban J connectivity index is 1.42. The van der Waals surface area contributed by atoms with Crippen molar-refractivity contribution >= 4 is 22.5 Å². The van der Waals surface area contributed by atoms with Crippen molar-refractivity contribution in [3.63, 3.8) is 0 Å². The molecule has 0 aliphatic carbocycles. The van der Waals surface area contributed by atoms with Gasteiger partial charge in [0.05, 0.1) is 11.6 Å². The summed E-state index contributed by atoms with van der Waals surface area (Å²) in [6.07, 6.45) is 2.31. The van der Waals surface area contributed by atoms with Crippen molar-refractivity contribution in [1.82, 2.24) is 9.88 Å². The van der Waals surface area contributed by atoms with E-state index in [2.05, 4.69) is 62.1 Å². The van der Waals surface area contributed by atoms with Gasteiger partial charge in [-0.1, -0.05) is 26.8 Å². The van der Waals surface area contributed by atoms with E-state index in [-0.39, 0.29) is 17.4 Å². The van der Waals surface area contributed by atoms with Crippen molar-refractivity contribution in [1.29, 1.82) is 0 Å². The van der Waals surface area contributed by atoms with Gasteiger partial charge >= 0.3 is 0 Å². The van der Waals surface area contributed by atoms with E-state index in [1.807, 2.05) is 18.2 Å². The lowest BCUT2D eigenvalue weighted by atomic mass is 9.97. The van der Waals surface area contributed by atoms with Crippen LogP contribution in [-0.2, 0) is 18.3 Å². The second kappa shape index (κ2) is 10.2. The second-order valence-electron chi connectivity index (χ2n) is 10.5. The van der Waals surface area contributed by atoms with Gasteiger partial charge in [0, 0.05) is 49.1 Å². The Bertz CT molecular complexity index is 1140. The van der Waals surface area contributed by atoms with Crippen molar-refractivity contribution in [3.05, 3.63) is 59.3 Å². The van der Waals surface area contributed by atoms with Crippen LogP contribution in [0, 0.1) is 12.3 Å². The number of aryl methyl sites for hydroxylation is 2. The summed E-state index contributed by atoms with van der Waals surface area (Å²) in [4.78, 5) is 12.9. The summed E-state index contributed by atoms with van der Waals surface area (Å²) in [5.74, 6) is 0.621. The number of hydrogen-bond acceptors (Lipinski definition) is 4. The van der Waals surface area contributed by atoms with Crippen LogP contribution < -0.4 is 15.4 Å². The first kappa shape index (κ1) is 24.3. The normalized spacial score (nSPS) is 16.2. The molecule has 0 radical (unpaired) electrons. The van der Waals surface area contributed by atoms with Gasteiger partial charge in [-0.15, -0.1) is 0 Å². The van der Waals surface area contributed by atoms with E-state index in [9.17, 15) is 4.79 Å². The molecule has 1 amide bonds. The zero-order chi connectivity index (χ0) is 24.3. The highest BCUT2D eigenvalue weighted by Crippen LogP contribution is 2.29. The number of nitrogens with one attached hydrogen (secondary N) is 2. The zero-order valence-electron chi connectivity index (χ0n) is 21.0. The van der Waals surface area contributed by atoms with Gasteiger partial charge in [0.1, 0.15) is 12.4 Å². The van der Waals surface area contributed by atoms with Gasteiger partial charge in [-0.3, -0.25) is 4.79 Å². The molecule has 6 heteroatoms. The zero-order valence-corrected chi connectivity index (χ0v) is 21.0. The van der Waals surface area contributed by atoms with Crippen molar-refractivity contribution in [2.45, 2.75) is 53.2 Å². The fourth-order valence-corrected chi connectivity index (χ4v) is 4.44. The van der Waals surface area contributed by atoms with E-state index in [0.29, 0.717) is 12.2 Å². The first-order chi connectivity index (χ1) is 16.2. The topological polar surface area (TPSA) is 64.5 Å². The monoisotopic (exact) mass is 463 g/mol. The summed E-state index contributed by atoms with van der Waals surface area (Å²) < 4.78 is 13.6. The van der Waals surface area contributed by atoms with Crippen LogP contribution in [0.25, 0.3) is 10.9 Å². The Kier molecular flexibility index (Phi) is 7.29. The molecule has 4 rings (SSSR count). The van der Waals surface area contributed by atoms with Crippen molar-refractivity contribution < 1.29 is 14.3 Å². The van der Waals surface area contributed by atoms with Gasteiger partial charge in [-0.05, 0) is 67.1 Å². The molecule has 0 unspecified atom stereocenters. The maximum atomic E-state index is 12.9. The average molecular weight is 464 g/mol. The van der Waals surface area contributed by atoms with Crippen LogP contribution in [0.5, 0.6) is 5.75 Å². The molecule has 2 aromatic carbocycles. The van der Waals surface area contributed by atoms with Crippen LogP contribution in [0.4, 0.5) is 5.69 Å². The summed E-state index contributed by atoms with van der Waals surface area (Å²) in [5, 5.41) is 7.82. The van der Waals surface area contributed by atoms with E-state index < -0.39 is 0 Å². The molecule has 182 valence electrons. The minimum atomic E-state index is -0.130. The van der Waals surface area contributed by atoms with Crippen LogP contribution in [0.1, 0.15) is 55.2 Å². The SMILES string of the molecule is Cc1c(NC(=O)c2ccc(OC[C@@H]3CCCO3)cc2)ccc2cc(CNCC(C)(C)C)n(C)c12. The van der Waals surface area contributed by atoms with Crippen LogP contribution in [0.3, 0.4) is 0 Å². The number of anilines is 1. The molecule has 34 heavy (non-hydrogen) atoms. The summed E-state index contributed by atoms with van der Waals surface area (Å²) in [6, 6.07) is 13.6. The second-order valence-corrected chi connectivity index (χ2v) is 10.5. The quantitative estimate of drug-likeness (QED) is 0.467.